The lowest BCUT2D eigenvalue weighted by Crippen LogP contribution is -2.36. The molecule has 3 nitrogen and oxygen atoms in total. The highest BCUT2D eigenvalue weighted by molar-refractivity contribution is 5.52. The molecular formula is C27H24N2O. The van der Waals surface area contributed by atoms with E-state index in [0.717, 1.165) is 18.4 Å². The van der Waals surface area contributed by atoms with Crippen LogP contribution in [0.3, 0.4) is 0 Å². The third-order valence-electron chi connectivity index (χ3n) is 6.27. The predicted octanol–water partition coefficient (Wildman–Crippen LogP) is 5.42. The summed E-state index contributed by atoms with van der Waals surface area (Å²) in [4.78, 5) is 15.7. The zero-order chi connectivity index (χ0) is 20.4. The summed E-state index contributed by atoms with van der Waals surface area (Å²) in [5.74, 6) is 0.821. The Hall–Kier alpha value is -3.46. The van der Waals surface area contributed by atoms with Gasteiger partial charge in [-0.05, 0) is 29.0 Å². The summed E-state index contributed by atoms with van der Waals surface area (Å²) in [5.41, 5.74) is 4.11. The van der Waals surface area contributed by atoms with Crippen LogP contribution in [0.25, 0.3) is 0 Å². The molecule has 1 aliphatic carbocycles. The minimum atomic E-state index is -0.524. The molecule has 3 heteroatoms. The summed E-state index contributed by atoms with van der Waals surface area (Å²) < 4.78 is 2.25. The Morgan fingerprint density at radius 2 is 1.33 bits per heavy atom. The molecule has 0 saturated heterocycles. The van der Waals surface area contributed by atoms with E-state index in [-0.39, 0.29) is 0 Å². The standard InChI is InChI=1S/C27H24N2O/c30-17-16-21-18-25(21)26-19-29(20-28-26)27(22-10-4-1-5-11-22,23-12-6-2-7-13-23)24-14-8-3-9-15-24/h1-15,17,19-21,25H,16,18H2/t21-,25+/m1/s1. The van der Waals surface area contributed by atoms with Crippen LogP contribution in [0.2, 0.25) is 0 Å². The van der Waals surface area contributed by atoms with Gasteiger partial charge in [-0.25, -0.2) is 4.98 Å². The van der Waals surface area contributed by atoms with Crippen LogP contribution in [0.15, 0.2) is 104 Å². The topological polar surface area (TPSA) is 34.9 Å². The summed E-state index contributed by atoms with van der Waals surface area (Å²) >= 11 is 0. The lowest BCUT2D eigenvalue weighted by atomic mass is 9.77. The maximum atomic E-state index is 10.9. The average Bonchev–Trinajstić information content (AvgIpc) is 3.41. The first-order chi connectivity index (χ1) is 14.8. The zero-order valence-electron chi connectivity index (χ0n) is 16.8. The minimum Gasteiger partial charge on any atom is -0.319 e. The first-order valence-corrected chi connectivity index (χ1v) is 10.5. The van der Waals surface area contributed by atoms with E-state index in [4.69, 9.17) is 4.98 Å². The Morgan fingerprint density at radius 1 is 0.833 bits per heavy atom. The third kappa shape index (κ3) is 3.07. The monoisotopic (exact) mass is 392 g/mol. The number of hydrogen-bond acceptors (Lipinski definition) is 2. The van der Waals surface area contributed by atoms with Crippen molar-refractivity contribution in [1.29, 1.82) is 0 Å². The summed E-state index contributed by atoms with van der Waals surface area (Å²) in [6, 6.07) is 31.8. The van der Waals surface area contributed by atoms with Crippen LogP contribution < -0.4 is 0 Å². The molecule has 2 atom stereocenters. The van der Waals surface area contributed by atoms with E-state index < -0.39 is 5.54 Å². The average molecular weight is 393 g/mol. The van der Waals surface area contributed by atoms with Gasteiger partial charge in [0.2, 0.25) is 0 Å². The molecule has 4 aromatic rings. The van der Waals surface area contributed by atoms with Crippen LogP contribution in [0.5, 0.6) is 0 Å². The number of carbonyl (C=O) groups is 1. The fraction of sp³-hybridized carbons (Fsp3) is 0.185. The van der Waals surface area contributed by atoms with Crippen molar-refractivity contribution in [3.8, 4) is 0 Å². The number of aldehydes is 1. The van der Waals surface area contributed by atoms with Gasteiger partial charge in [0.25, 0.3) is 0 Å². The third-order valence-corrected chi connectivity index (χ3v) is 6.27. The molecule has 1 saturated carbocycles. The normalized spacial score (nSPS) is 18.1. The molecule has 30 heavy (non-hydrogen) atoms. The van der Waals surface area contributed by atoms with Crippen LogP contribution in [0.1, 0.15) is 41.1 Å². The van der Waals surface area contributed by atoms with Crippen molar-refractivity contribution in [3.63, 3.8) is 0 Å². The Morgan fingerprint density at radius 3 is 1.80 bits per heavy atom. The maximum absolute atomic E-state index is 10.9. The van der Waals surface area contributed by atoms with Gasteiger partial charge in [-0.15, -0.1) is 0 Å². The summed E-state index contributed by atoms with van der Waals surface area (Å²) in [6.45, 7) is 0. The van der Waals surface area contributed by atoms with Gasteiger partial charge in [-0.3, -0.25) is 0 Å². The van der Waals surface area contributed by atoms with Gasteiger partial charge >= 0.3 is 0 Å². The van der Waals surface area contributed by atoms with Crippen LogP contribution in [0, 0.1) is 5.92 Å². The second-order valence-electron chi connectivity index (χ2n) is 8.02. The van der Waals surface area contributed by atoms with E-state index in [9.17, 15) is 4.79 Å². The van der Waals surface area contributed by atoms with Crippen molar-refractivity contribution in [2.45, 2.75) is 24.3 Å². The van der Waals surface area contributed by atoms with Crippen LogP contribution in [-0.4, -0.2) is 15.8 Å². The van der Waals surface area contributed by atoms with E-state index in [1.54, 1.807) is 0 Å². The molecule has 1 heterocycles. The minimum absolute atomic E-state index is 0.386. The molecule has 0 unspecified atom stereocenters. The second kappa shape index (κ2) is 7.75. The number of carbonyl (C=O) groups excluding carboxylic acids is 1. The molecule has 148 valence electrons. The highest BCUT2D eigenvalue weighted by atomic mass is 16.1. The van der Waals surface area contributed by atoms with Crippen molar-refractivity contribution in [2.75, 3.05) is 0 Å². The van der Waals surface area contributed by atoms with Crippen molar-refractivity contribution >= 4 is 6.29 Å². The Labute approximate surface area is 177 Å². The van der Waals surface area contributed by atoms with E-state index >= 15 is 0 Å². The highest BCUT2D eigenvalue weighted by Gasteiger charge is 2.42. The van der Waals surface area contributed by atoms with E-state index in [1.807, 2.05) is 6.33 Å². The van der Waals surface area contributed by atoms with Crippen LogP contribution >= 0.6 is 0 Å². The van der Waals surface area contributed by atoms with E-state index in [2.05, 4.69) is 102 Å². The molecule has 0 aliphatic heterocycles. The zero-order valence-corrected chi connectivity index (χ0v) is 16.8. The van der Waals surface area contributed by atoms with E-state index in [0.29, 0.717) is 18.3 Å². The van der Waals surface area contributed by atoms with Gasteiger partial charge in [0.15, 0.2) is 0 Å². The molecule has 0 amide bonds. The molecule has 0 N–H and O–H groups in total. The van der Waals surface area contributed by atoms with Gasteiger partial charge in [-0.2, -0.15) is 0 Å². The molecule has 0 bridgehead atoms. The Kier molecular flexibility index (Phi) is 4.80. The van der Waals surface area contributed by atoms with Crippen molar-refractivity contribution in [3.05, 3.63) is 126 Å². The fourth-order valence-corrected chi connectivity index (χ4v) is 4.69. The number of aromatic nitrogens is 2. The molecule has 1 aliphatic rings. The Bertz CT molecular complexity index is 1020. The first-order valence-electron chi connectivity index (χ1n) is 10.5. The first kappa shape index (κ1) is 18.6. The van der Waals surface area contributed by atoms with Gasteiger partial charge in [0.05, 0.1) is 12.0 Å². The van der Waals surface area contributed by atoms with Gasteiger partial charge in [0, 0.05) is 18.5 Å². The molecule has 1 aromatic heterocycles. The lowest BCUT2D eigenvalue weighted by Gasteiger charge is -2.37. The van der Waals surface area contributed by atoms with E-state index in [1.165, 1.54) is 16.7 Å². The largest absolute Gasteiger partial charge is 0.319 e. The summed E-state index contributed by atoms with van der Waals surface area (Å²) in [5, 5.41) is 0. The summed E-state index contributed by atoms with van der Waals surface area (Å²) in [7, 11) is 0. The molecule has 0 spiro atoms. The van der Waals surface area contributed by atoms with Gasteiger partial charge in [-0.1, -0.05) is 91.0 Å². The number of benzene rings is 3. The maximum Gasteiger partial charge on any atom is 0.121 e. The number of imidazole rings is 1. The predicted molar refractivity (Wildman–Crippen MR) is 118 cm³/mol. The van der Waals surface area contributed by atoms with Crippen molar-refractivity contribution < 1.29 is 4.79 Å². The summed E-state index contributed by atoms with van der Waals surface area (Å²) in [6.07, 6.45) is 6.84. The van der Waals surface area contributed by atoms with Gasteiger partial charge < -0.3 is 9.36 Å². The van der Waals surface area contributed by atoms with Crippen molar-refractivity contribution in [2.24, 2.45) is 5.92 Å². The van der Waals surface area contributed by atoms with Crippen LogP contribution in [-0.2, 0) is 10.3 Å². The highest BCUT2D eigenvalue weighted by Crippen LogP contribution is 2.49. The van der Waals surface area contributed by atoms with Crippen LogP contribution in [0.4, 0.5) is 0 Å². The SMILES string of the molecule is O=CC[C@@H]1C[C@@H]1c1cn(C(c2ccccc2)(c2ccccc2)c2ccccc2)cn1. The molecular weight excluding hydrogens is 368 g/mol. The Balaban J connectivity index is 1.73. The number of nitrogens with zero attached hydrogens (tertiary/aromatic N) is 2. The smallest absolute Gasteiger partial charge is 0.121 e. The molecule has 5 rings (SSSR count). The number of hydrogen-bond donors (Lipinski definition) is 0. The molecule has 1 fully saturated rings. The van der Waals surface area contributed by atoms with Crippen molar-refractivity contribution in [1.82, 2.24) is 9.55 Å². The fourth-order valence-electron chi connectivity index (χ4n) is 4.69. The lowest BCUT2D eigenvalue weighted by molar-refractivity contribution is -0.108. The quantitative estimate of drug-likeness (QED) is 0.311. The molecule has 3 aromatic carbocycles. The number of rotatable bonds is 7. The second-order valence-corrected chi connectivity index (χ2v) is 8.02. The molecule has 0 radical (unpaired) electrons. The van der Waals surface area contributed by atoms with Gasteiger partial charge in [0.1, 0.15) is 11.8 Å².